The lowest BCUT2D eigenvalue weighted by molar-refractivity contribution is 0.385. The van der Waals surface area contributed by atoms with Crippen molar-refractivity contribution in [1.29, 1.82) is 0 Å². The third kappa shape index (κ3) is 0.294. The first kappa shape index (κ1) is 3.65. The smallest absolute Gasteiger partial charge is 0.292 e. The predicted molar refractivity (Wildman–Crippen MR) is 25.3 cm³/mol. The Balaban J connectivity index is 2.78. The Morgan fingerprint density at radius 3 is 2.88 bits per heavy atom. The molecule has 2 aliphatic heterocycles. The number of fused-ring (bicyclic) bond motifs is 1. The van der Waals surface area contributed by atoms with Crippen LogP contribution < -0.4 is 0 Å². The van der Waals surface area contributed by atoms with E-state index in [-0.39, 0.29) is 0 Å². The molecular formula is C4H3N3O. The highest BCUT2D eigenvalue weighted by Crippen LogP contribution is 2.13. The summed E-state index contributed by atoms with van der Waals surface area (Å²) in [7, 11) is 0. The van der Waals surface area contributed by atoms with Crippen molar-refractivity contribution in [2.24, 2.45) is 0 Å². The minimum absolute atomic E-state index is 0.576. The van der Waals surface area contributed by atoms with Gasteiger partial charge in [-0.05, 0) is 6.07 Å². The van der Waals surface area contributed by atoms with Crippen molar-refractivity contribution >= 4 is 0 Å². The molecule has 0 atom stereocenters. The number of aromatic amines is 1. The number of hydrogen-bond acceptors (Lipinski definition) is 3. The zero-order chi connectivity index (χ0) is 5.40. The fourth-order valence-electron chi connectivity index (χ4n) is 0.529. The maximum atomic E-state index is 4.76. The van der Waals surface area contributed by atoms with Gasteiger partial charge in [-0.15, -0.1) is 10.2 Å². The summed E-state index contributed by atoms with van der Waals surface area (Å²) in [4.78, 5) is 0. The monoisotopic (exact) mass is 109 g/mol. The molecule has 2 aliphatic rings. The van der Waals surface area contributed by atoms with Gasteiger partial charge < -0.3 is 4.52 Å². The zero-order valence-corrected chi connectivity index (χ0v) is 3.96. The Labute approximate surface area is 44.8 Å². The molecule has 4 nitrogen and oxygen atoms in total. The molecule has 4 heteroatoms. The Morgan fingerprint density at radius 1 is 1.50 bits per heavy atom. The van der Waals surface area contributed by atoms with Crippen molar-refractivity contribution in [3.8, 4) is 11.6 Å². The van der Waals surface area contributed by atoms with Crippen LogP contribution in [0.3, 0.4) is 0 Å². The molecule has 0 spiro atoms. The van der Waals surface area contributed by atoms with Crippen LogP contribution in [0.25, 0.3) is 11.6 Å². The van der Waals surface area contributed by atoms with Crippen molar-refractivity contribution in [3.63, 3.8) is 0 Å². The van der Waals surface area contributed by atoms with E-state index < -0.39 is 0 Å². The molecule has 0 saturated carbocycles. The molecule has 0 amide bonds. The van der Waals surface area contributed by atoms with Gasteiger partial charge in [0.2, 0.25) is 0 Å². The van der Waals surface area contributed by atoms with Crippen LogP contribution in [-0.4, -0.2) is 15.4 Å². The number of rotatable bonds is 0. The van der Waals surface area contributed by atoms with Crippen LogP contribution in [0.2, 0.25) is 0 Å². The summed E-state index contributed by atoms with van der Waals surface area (Å²) in [6.45, 7) is 0. The van der Waals surface area contributed by atoms with Gasteiger partial charge in [-0.2, -0.15) is 0 Å². The van der Waals surface area contributed by atoms with E-state index in [9.17, 15) is 0 Å². The second kappa shape index (κ2) is 1.09. The molecule has 2 heterocycles. The summed E-state index contributed by atoms with van der Waals surface area (Å²) in [5.74, 6) is 0.576. The molecule has 8 heavy (non-hydrogen) atoms. The minimum atomic E-state index is 0.576. The predicted octanol–water partition coefficient (Wildman–Crippen LogP) is 0.502. The highest BCUT2D eigenvalue weighted by Gasteiger charge is 2.09. The molecular weight excluding hydrogens is 106 g/mol. The van der Waals surface area contributed by atoms with Gasteiger partial charge >= 0.3 is 0 Å². The summed E-state index contributed by atoms with van der Waals surface area (Å²) in [5.41, 5.74) is 0.809. The SMILES string of the molecule is c1cc2nnc-2o[nH]1. The van der Waals surface area contributed by atoms with E-state index in [1.807, 2.05) is 0 Å². The first-order valence-electron chi connectivity index (χ1n) is 2.22. The average Bonchev–Trinajstić information content (AvgIpc) is 1.72. The van der Waals surface area contributed by atoms with Crippen molar-refractivity contribution in [3.05, 3.63) is 12.3 Å². The highest BCUT2D eigenvalue weighted by atomic mass is 16.5. The van der Waals surface area contributed by atoms with E-state index >= 15 is 0 Å². The van der Waals surface area contributed by atoms with Crippen LogP contribution in [0.15, 0.2) is 16.8 Å². The van der Waals surface area contributed by atoms with Crippen LogP contribution in [-0.2, 0) is 0 Å². The van der Waals surface area contributed by atoms with Gasteiger partial charge in [0.25, 0.3) is 5.89 Å². The molecule has 0 aromatic rings. The van der Waals surface area contributed by atoms with Crippen molar-refractivity contribution in [2.45, 2.75) is 0 Å². The number of aromatic nitrogens is 3. The average molecular weight is 109 g/mol. The molecule has 0 aromatic carbocycles. The van der Waals surface area contributed by atoms with Gasteiger partial charge in [0.1, 0.15) is 0 Å². The van der Waals surface area contributed by atoms with Crippen LogP contribution in [0, 0.1) is 0 Å². The molecule has 0 fully saturated rings. The molecule has 0 radical (unpaired) electrons. The maximum Gasteiger partial charge on any atom is 0.292 e. The van der Waals surface area contributed by atoms with E-state index in [4.69, 9.17) is 4.52 Å². The van der Waals surface area contributed by atoms with E-state index in [1.165, 1.54) is 0 Å². The third-order valence-electron chi connectivity index (χ3n) is 0.933. The normalized spacial score (nSPS) is 10.5. The molecule has 2 rings (SSSR count). The molecule has 1 N–H and O–H groups in total. The lowest BCUT2D eigenvalue weighted by atomic mass is 10.4. The van der Waals surface area contributed by atoms with Gasteiger partial charge in [0, 0.05) is 6.20 Å². The van der Waals surface area contributed by atoms with E-state index in [1.54, 1.807) is 12.3 Å². The summed E-state index contributed by atoms with van der Waals surface area (Å²) >= 11 is 0. The summed E-state index contributed by atoms with van der Waals surface area (Å²) in [6, 6.07) is 1.80. The van der Waals surface area contributed by atoms with Crippen LogP contribution in [0.5, 0.6) is 0 Å². The zero-order valence-electron chi connectivity index (χ0n) is 3.96. The summed E-state index contributed by atoms with van der Waals surface area (Å²) in [5, 5.41) is 9.73. The summed E-state index contributed by atoms with van der Waals surface area (Å²) in [6.07, 6.45) is 1.66. The van der Waals surface area contributed by atoms with Crippen molar-refractivity contribution < 1.29 is 4.52 Å². The fourth-order valence-corrected chi connectivity index (χ4v) is 0.529. The number of H-pyrrole nitrogens is 1. The molecule has 0 unspecified atom stereocenters. The van der Waals surface area contributed by atoms with Crippen molar-refractivity contribution in [2.75, 3.05) is 0 Å². The van der Waals surface area contributed by atoms with E-state index in [0.717, 1.165) is 5.69 Å². The lowest BCUT2D eigenvalue weighted by Crippen LogP contribution is -1.97. The van der Waals surface area contributed by atoms with Crippen LogP contribution in [0.1, 0.15) is 0 Å². The fraction of sp³-hybridized carbons (Fsp3) is 0. The third-order valence-corrected chi connectivity index (χ3v) is 0.933. The van der Waals surface area contributed by atoms with Crippen LogP contribution >= 0.6 is 0 Å². The quantitative estimate of drug-likeness (QED) is 0.536. The van der Waals surface area contributed by atoms with E-state index in [0.29, 0.717) is 5.89 Å². The number of nitrogens with zero attached hydrogens (tertiary/aromatic N) is 2. The lowest BCUT2D eigenvalue weighted by Gasteiger charge is -1.99. The second-order valence-corrected chi connectivity index (χ2v) is 1.44. The van der Waals surface area contributed by atoms with Crippen LogP contribution in [0.4, 0.5) is 0 Å². The Bertz CT molecular complexity index is 221. The molecule has 0 aliphatic carbocycles. The minimum Gasteiger partial charge on any atom is -0.358 e. The molecule has 0 saturated heterocycles. The number of nitrogens with one attached hydrogen (secondary N) is 1. The second-order valence-electron chi connectivity index (χ2n) is 1.44. The first-order chi connectivity index (χ1) is 3.97. The number of hydrogen-bond donors (Lipinski definition) is 1. The summed E-state index contributed by atoms with van der Waals surface area (Å²) < 4.78 is 4.76. The molecule has 40 valence electrons. The van der Waals surface area contributed by atoms with Gasteiger partial charge in [0.05, 0.1) is 0 Å². The van der Waals surface area contributed by atoms with Gasteiger partial charge in [0.15, 0.2) is 5.69 Å². The molecule has 0 bridgehead atoms. The highest BCUT2D eigenvalue weighted by molar-refractivity contribution is 5.46. The largest absolute Gasteiger partial charge is 0.358 e. The topological polar surface area (TPSA) is 54.7 Å². The molecule has 0 aromatic heterocycles. The maximum absolute atomic E-state index is 4.76. The Morgan fingerprint density at radius 2 is 2.50 bits per heavy atom. The Kier molecular flexibility index (Phi) is 0.498. The van der Waals surface area contributed by atoms with Gasteiger partial charge in [-0.25, -0.2) is 5.16 Å². The van der Waals surface area contributed by atoms with Gasteiger partial charge in [-0.3, -0.25) is 0 Å². The van der Waals surface area contributed by atoms with E-state index in [2.05, 4.69) is 15.4 Å². The Hall–Kier alpha value is -1.32. The van der Waals surface area contributed by atoms with Crippen molar-refractivity contribution in [1.82, 2.24) is 15.4 Å². The van der Waals surface area contributed by atoms with Gasteiger partial charge in [-0.1, -0.05) is 0 Å². The first-order valence-corrected chi connectivity index (χ1v) is 2.22. The standard InChI is InChI=1S/C4H3N3O/c1-2-5-8-4-3(1)6-7-4/h1-2,5H.